The van der Waals surface area contributed by atoms with Gasteiger partial charge in [-0.3, -0.25) is 9.69 Å². The minimum Gasteiger partial charge on any atom is -0.322 e. The first kappa shape index (κ1) is 23.8. The molecule has 0 bridgehead atoms. The number of alkyl halides is 3. The van der Waals surface area contributed by atoms with Crippen LogP contribution in [0.25, 0.3) is 11.1 Å². The molecule has 0 saturated carbocycles. The van der Waals surface area contributed by atoms with Crippen molar-refractivity contribution in [2.45, 2.75) is 19.6 Å². The number of benzene rings is 2. The van der Waals surface area contributed by atoms with Crippen LogP contribution in [-0.2, 0) is 12.7 Å². The number of likely N-dealkylation sites (N-methyl/N-ethyl adjacent to an activating group) is 1. The summed E-state index contributed by atoms with van der Waals surface area (Å²) in [7, 11) is 2.00. The number of halogens is 3. The van der Waals surface area contributed by atoms with E-state index in [1.54, 1.807) is 30.6 Å². The molecule has 6 nitrogen and oxygen atoms in total. The van der Waals surface area contributed by atoms with Crippen molar-refractivity contribution in [2.24, 2.45) is 0 Å². The van der Waals surface area contributed by atoms with Gasteiger partial charge in [0.15, 0.2) is 0 Å². The predicted octanol–water partition coefficient (Wildman–Crippen LogP) is 4.47. The Balaban J connectivity index is 1.55. The number of aromatic nitrogens is 2. The first-order chi connectivity index (χ1) is 16.2. The van der Waals surface area contributed by atoms with Crippen LogP contribution in [0.4, 0.5) is 18.9 Å². The van der Waals surface area contributed by atoms with Gasteiger partial charge in [0.2, 0.25) is 0 Å². The number of anilines is 1. The van der Waals surface area contributed by atoms with E-state index in [1.165, 1.54) is 18.5 Å². The van der Waals surface area contributed by atoms with Gasteiger partial charge >= 0.3 is 6.18 Å². The van der Waals surface area contributed by atoms with Crippen LogP contribution in [0, 0.1) is 6.92 Å². The number of carbonyl (C=O) groups excluding carboxylic acids is 1. The summed E-state index contributed by atoms with van der Waals surface area (Å²) in [5.41, 5.74) is 2.38. The minimum atomic E-state index is -4.52. The molecule has 1 saturated heterocycles. The molecule has 3 aromatic rings. The largest absolute Gasteiger partial charge is 0.416 e. The van der Waals surface area contributed by atoms with E-state index >= 15 is 0 Å². The van der Waals surface area contributed by atoms with Crippen molar-refractivity contribution >= 4 is 11.6 Å². The molecule has 4 rings (SSSR count). The van der Waals surface area contributed by atoms with Crippen LogP contribution < -0.4 is 5.32 Å². The Bertz CT molecular complexity index is 1160. The molecular weight excluding hydrogens is 443 g/mol. The fourth-order valence-corrected chi connectivity index (χ4v) is 4.02. The van der Waals surface area contributed by atoms with Crippen LogP contribution in [0.15, 0.2) is 55.1 Å². The number of nitrogens with one attached hydrogen (secondary N) is 1. The van der Waals surface area contributed by atoms with Gasteiger partial charge in [-0.2, -0.15) is 13.2 Å². The molecule has 178 valence electrons. The highest BCUT2D eigenvalue weighted by Gasteiger charge is 2.34. The molecule has 1 aliphatic rings. The summed E-state index contributed by atoms with van der Waals surface area (Å²) in [6.07, 6.45) is 0.186. The number of amides is 1. The lowest BCUT2D eigenvalue weighted by molar-refractivity contribution is -0.138. The van der Waals surface area contributed by atoms with Crippen LogP contribution in [0.5, 0.6) is 0 Å². The van der Waals surface area contributed by atoms with Gasteiger partial charge in [-0.05, 0) is 54.9 Å². The van der Waals surface area contributed by atoms with Gasteiger partial charge in [-0.25, -0.2) is 9.97 Å². The summed E-state index contributed by atoms with van der Waals surface area (Å²) in [6, 6.07) is 9.12. The van der Waals surface area contributed by atoms with Gasteiger partial charge in [0, 0.05) is 61.9 Å². The van der Waals surface area contributed by atoms with Crippen molar-refractivity contribution in [1.29, 1.82) is 0 Å². The third kappa shape index (κ3) is 5.60. The molecule has 1 aromatic heterocycles. The maximum Gasteiger partial charge on any atom is 0.416 e. The number of nitrogens with zero attached hydrogens (tertiary/aromatic N) is 4. The lowest BCUT2D eigenvalue weighted by atomic mass is 10.00. The van der Waals surface area contributed by atoms with Crippen molar-refractivity contribution < 1.29 is 18.0 Å². The van der Waals surface area contributed by atoms with Crippen LogP contribution in [-0.4, -0.2) is 58.9 Å². The fourth-order valence-electron chi connectivity index (χ4n) is 4.02. The Morgan fingerprint density at radius 3 is 2.41 bits per heavy atom. The highest BCUT2D eigenvalue weighted by atomic mass is 19.4. The highest BCUT2D eigenvalue weighted by molar-refractivity contribution is 6.05. The number of hydrogen-bond acceptors (Lipinski definition) is 5. The van der Waals surface area contributed by atoms with E-state index in [0.717, 1.165) is 35.8 Å². The molecule has 1 aliphatic heterocycles. The quantitative estimate of drug-likeness (QED) is 0.598. The van der Waals surface area contributed by atoms with E-state index in [4.69, 9.17) is 0 Å². The molecule has 0 atom stereocenters. The molecule has 2 heterocycles. The summed E-state index contributed by atoms with van der Waals surface area (Å²) in [4.78, 5) is 25.1. The second-order valence-corrected chi connectivity index (χ2v) is 8.56. The predicted molar refractivity (Wildman–Crippen MR) is 124 cm³/mol. The second-order valence-electron chi connectivity index (χ2n) is 8.56. The van der Waals surface area contributed by atoms with Gasteiger partial charge in [-0.1, -0.05) is 12.1 Å². The van der Waals surface area contributed by atoms with Gasteiger partial charge in [-0.15, -0.1) is 0 Å². The average Bonchev–Trinajstić information content (AvgIpc) is 2.81. The van der Waals surface area contributed by atoms with Crippen molar-refractivity contribution in [1.82, 2.24) is 19.8 Å². The van der Waals surface area contributed by atoms with E-state index in [0.29, 0.717) is 18.7 Å². The molecule has 1 amide bonds. The molecule has 1 fully saturated rings. The lowest BCUT2D eigenvalue weighted by Crippen LogP contribution is -2.44. The number of aryl methyl sites for hydroxylation is 1. The Labute approximate surface area is 196 Å². The van der Waals surface area contributed by atoms with E-state index in [1.807, 2.05) is 18.9 Å². The van der Waals surface area contributed by atoms with Gasteiger partial charge in [0.1, 0.15) is 6.33 Å². The molecule has 0 unspecified atom stereocenters. The monoisotopic (exact) mass is 469 g/mol. The number of hydrogen-bond donors (Lipinski definition) is 1. The van der Waals surface area contributed by atoms with Gasteiger partial charge < -0.3 is 10.2 Å². The second kappa shape index (κ2) is 9.90. The summed E-state index contributed by atoms with van der Waals surface area (Å²) in [6.45, 7) is 5.20. The maximum atomic E-state index is 13.8. The molecule has 1 N–H and O–H groups in total. The highest BCUT2D eigenvalue weighted by Crippen LogP contribution is 2.35. The molecule has 0 radical (unpaired) electrons. The molecular formula is C25H26F3N5O. The van der Waals surface area contributed by atoms with Crippen molar-refractivity contribution in [3.05, 3.63) is 77.4 Å². The van der Waals surface area contributed by atoms with E-state index < -0.39 is 17.6 Å². The zero-order chi connectivity index (χ0) is 24.3. The first-order valence-electron chi connectivity index (χ1n) is 11.0. The number of rotatable bonds is 5. The minimum absolute atomic E-state index is 0.102. The van der Waals surface area contributed by atoms with E-state index in [9.17, 15) is 18.0 Å². The molecule has 0 spiro atoms. The van der Waals surface area contributed by atoms with Crippen LogP contribution in [0.2, 0.25) is 0 Å². The van der Waals surface area contributed by atoms with E-state index in [2.05, 4.69) is 20.2 Å². The standard InChI is InChI=1S/C25H26F3N5O/c1-17-3-4-18(11-22(17)20-13-29-16-30-14-20)24(34)31-21-6-5-19(23(12-21)25(26,27)28)15-33-9-7-32(2)8-10-33/h3-6,11-14,16H,7-10,15H2,1-2H3,(H,31,34). The molecule has 34 heavy (non-hydrogen) atoms. The van der Waals surface area contributed by atoms with E-state index in [-0.39, 0.29) is 17.8 Å². The van der Waals surface area contributed by atoms with Crippen molar-refractivity contribution in [2.75, 3.05) is 38.5 Å². The number of carbonyl (C=O) groups is 1. The number of piperazine rings is 1. The van der Waals surface area contributed by atoms with Gasteiger partial charge in [0.25, 0.3) is 5.91 Å². The SMILES string of the molecule is Cc1ccc(C(=O)Nc2ccc(CN3CCN(C)CC3)c(C(F)(F)F)c2)cc1-c1cncnc1. The Morgan fingerprint density at radius 1 is 1.03 bits per heavy atom. The Morgan fingerprint density at radius 2 is 1.74 bits per heavy atom. The smallest absolute Gasteiger partial charge is 0.322 e. The van der Waals surface area contributed by atoms with Crippen LogP contribution in [0.3, 0.4) is 0 Å². The fraction of sp³-hybridized carbons (Fsp3) is 0.320. The summed E-state index contributed by atoms with van der Waals surface area (Å²) in [5, 5.41) is 2.62. The Hall–Kier alpha value is -3.30. The first-order valence-corrected chi connectivity index (χ1v) is 11.0. The van der Waals surface area contributed by atoms with Crippen molar-refractivity contribution in [3.8, 4) is 11.1 Å². The average molecular weight is 470 g/mol. The van der Waals surface area contributed by atoms with Crippen molar-refractivity contribution in [3.63, 3.8) is 0 Å². The Kier molecular flexibility index (Phi) is 6.95. The normalized spacial score (nSPS) is 15.3. The summed E-state index contributed by atoms with van der Waals surface area (Å²) in [5.74, 6) is -0.488. The van der Waals surface area contributed by atoms with Crippen LogP contribution in [0.1, 0.15) is 27.0 Å². The maximum absolute atomic E-state index is 13.8. The lowest BCUT2D eigenvalue weighted by Gasteiger charge is -2.33. The molecule has 0 aliphatic carbocycles. The zero-order valence-corrected chi connectivity index (χ0v) is 19.1. The van der Waals surface area contributed by atoms with Gasteiger partial charge in [0.05, 0.1) is 5.56 Å². The molecule has 9 heteroatoms. The summed E-state index contributed by atoms with van der Waals surface area (Å²) >= 11 is 0. The molecule has 2 aromatic carbocycles. The third-order valence-corrected chi connectivity index (χ3v) is 6.03. The zero-order valence-electron chi connectivity index (χ0n) is 19.1. The summed E-state index contributed by atoms with van der Waals surface area (Å²) < 4.78 is 41.5. The van der Waals surface area contributed by atoms with Crippen LogP contribution >= 0.6 is 0 Å². The topological polar surface area (TPSA) is 61.4 Å². The third-order valence-electron chi connectivity index (χ3n) is 6.03.